The highest BCUT2D eigenvalue weighted by Crippen LogP contribution is 2.28. The molecule has 0 aliphatic heterocycles. The van der Waals surface area contributed by atoms with Gasteiger partial charge in [0.05, 0.1) is 20.9 Å². The van der Waals surface area contributed by atoms with E-state index in [9.17, 15) is 4.79 Å². The van der Waals surface area contributed by atoms with Crippen LogP contribution >= 0.6 is 27.3 Å². The molecule has 108 valence electrons. The van der Waals surface area contributed by atoms with Gasteiger partial charge < -0.3 is 5.32 Å². The number of nitrogens with one attached hydrogen (secondary N) is 1. The Labute approximate surface area is 134 Å². The van der Waals surface area contributed by atoms with Crippen LogP contribution in [0.4, 0.5) is 5.13 Å². The molecule has 0 fully saturated rings. The van der Waals surface area contributed by atoms with Gasteiger partial charge in [0.25, 0.3) is 5.91 Å². The normalized spacial score (nSPS) is 12.5. The Hall–Kier alpha value is -1.73. The van der Waals surface area contributed by atoms with Crippen molar-refractivity contribution < 1.29 is 4.79 Å². The average molecular weight is 365 g/mol. The quantitative estimate of drug-likeness (QED) is 0.769. The number of amides is 1. The molecule has 3 rings (SSSR count). The molecule has 2 heterocycles. The topological polar surface area (TPSA) is 59.8 Å². The monoisotopic (exact) mass is 364 g/mol. The van der Waals surface area contributed by atoms with Crippen molar-refractivity contribution in [1.82, 2.24) is 14.8 Å². The molecule has 1 unspecified atom stereocenters. The fourth-order valence-electron chi connectivity index (χ4n) is 2.00. The molecule has 3 aromatic rings. The highest BCUT2D eigenvalue weighted by Gasteiger charge is 2.17. The van der Waals surface area contributed by atoms with Gasteiger partial charge in [0.15, 0.2) is 5.13 Å². The Bertz CT molecular complexity index is 810. The van der Waals surface area contributed by atoms with Crippen LogP contribution < -0.4 is 5.32 Å². The molecule has 0 saturated carbocycles. The van der Waals surface area contributed by atoms with Gasteiger partial charge in [-0.05, 0) is 41.4 Å². The van der Waals surface area contributed by atoms with Crippen molar-refractivity contribution in [2.75, 3.05) is 5.32 Å². The second kappa shape index (κ2) is 5.57. The summed E-state index contributed by atoms with van der Waals surface area (Å²) in [6, 6.07) is 5.61. The molecule has 0 spiro atoms. The lowest BCUT2D eigenvalue weighted by Gasteiger charge is -2.10. The van der Waals surface area contributed by atoms with E-state index >= 15 is 0 Å². The van der Waals surface area contributed by atoms with Crippen molar-refractivity contribution in [3.63, 3.8) is 0 Å². The maximum atomic E-state index is 12.3. The van der Waals surface area contributed by atoms with Crippen LogP contribution in [0, 0.1) is 6.92 Å². The van der Waals surface area contributed by atoms with E-state index < -0.39 is 6.04 Å². The first kappa shape index (κ1) is 14.2. The van der Waals surface area contributed by atoms with E-state index in [-0.39, 0.29) is 5.91 Å². The number of carbonyl (C=O) groups excluding carboxylic acids is 1. The molecule has 1 aromatic carbocycles. The van der Waals surface area contributed by atoms with E-state index in [1.165, 1.54) is 11.3 Å². The number of aryl methyl sites for hydroxylation is 1. The number of para-hydroxylation sites is 1. The first-order chi connectivity index (χ1) is 10.0. The number of anilines is 1. The van der Waals surface area contributed by atoms with Gasteiger partial charge in [-0.25, -0.2) is 4.98 Å². The lowest BCUT2D eigenvalue weighted by atomic mass is 10.2. The Morgan fingerprint density at radius 3 is 2.95 bits per heavy atom. The van der Waals surface area contributed by atoms with Crippen LogP contribution in [0.5, 0.6) is 0 Å². The van der Waals surface area contributed by atoms with Gasteiger partial charge in [-0.3, -0.25) is 9.48 Å². The maximum Gasteiger partial charge on any atom is 0.250 e. The van der Waals surface area contributed by atoms with E-state index in [1.807, 2.05) is 25.1 Å². The van der Waals surface area contributed by atoms with E-state index in [0.29, 0.717) is 5.13 Å². The van der Waals surface area contributed by atoms with Crippen molar-refractivity contribution >= 4 is 48.5 Å². The fourth-order valence-corrected chi connectivity index (χ4v) is 3.24. The third-order valence-corrected chi connectivity index (χ3v) is 4.54. The SMILES string of the molecule is Cc1cccc2sc(NC(=O)C(C)n3cc(Br)cn3)nc12. The largest absolute Gasteiger partial charge is 0.300 e. The molecular formula is C14H13BrN4OS. The van der Waals surface area contributed by atoms with E-state index in [1.54, 1.807) is 24.0 Å². The number of nitrogens with zero attached hydrogens (tertiary/aromatic N) is 3. The number of hydrogen-bond acceptors (Lipinski definition) is 4. The molecule has 0 aliphatic rings. The van der Waals surface area contributed by atoms with E-state index in [4.69, 9.17) is 0 Å². The van der Waals surface area contributed by atoms with E-state index in [2.05, 4.69) is 31.3 Å². The number of carbonyl (C=O) groups is 1. The summed E-state index contributed by atoms with van der Waals surface area (Å²) in [6.45, 7) is 3.81. The first-order valence-electron chi connectivity index (χ1n) is 6.41. The van der Waals surface area contributed by atoms with Crippen LogP contribution in [-0.2, 0) is 4.79 Å². The summed E-state index contributed by atoms with van der Waals surface area (Å²) < 4.78 is 3.52. The lowest BCUT2D eigenvalue weighted by molar-refractivity contribution is -0.119. The molecule has 0 radical (unpaired) electrons. The zero-order valence-corrected chi connectivity index (χ0v) is 13.9. The van der Waals surface area contributed by atoms with Crippen LogP contribution in [-0.4, -0.2) is 20.7 Å². The number of benzene rings is 1. The van der Waals surface area contributed by atoms with Crippen LogP contribution in [0.2, 0.25) is 0 Å². The number of fused-ring (bicyclic) bond motifs is 1. The van der Waals surface area contributed by atoms with Crippen molar-refractivity contribution in [2.45, 2.75) is 19.9 Å². The van der Waals surface area contributed by atoms with Gasteiger partial charge in [-0.15, -0.1) is 0 Å². The fraction of sp³-hybridized carbons (Fsp3) is 0.214. The lowest BCUT2D eigenvalue weighted by Crippen LogP contribution is -2.23. The van der Waals surface area contributed by atoms with Crippen molar-refractivity contribution in [1.29, 1.82) is 0 Å². The van der Waals surface area contributed by atoms with Crippen LogP contribution in [0.15, 0.2) is 35.1 Å². The minimum absolute atomic E-state index is 0.137. The summed E-state index contributed by atoms with van der Waals surface area (Å²) >= 11 is 4.80. The number of thiazole rings is 1. The summed E-state index contributed by atoms with van der Waals surface area (Å²) in [4.78, 5) is 16.7. The molecule has 1 atom stereocenters. The highest BCUT2D eigenvalue weighted by molar-refractivity contribution is 9.10. The standard InChI is InChI=1S/C14H13BrN4OS/c1-8-4-3-5-11-12(8)17-14(21-11)18-13(20)9(2)19-7-10(15)6-16-19/h3-7,9H,1-2H3,(H,17,18,20). The minimum atomic E-state index is -0.399. The third-order valence-electron chi connectivity index (χ3n) is 3.20. The predicted octanol–water partition coefficient (Wildman–Crippen LogP) is 3.76. The average Bonchev–Trinajstić information content (AvgIpc) is 3.04. The van der Waals surface area contributed by atoms with Crippen LogP contribution in [0.25, 0.3) is 10.2 Å². The highest BCUT2D eigenvalue weighted by atomic mass is 79.9. The van der Waals surface area contributed by atoms with Crippen molar-refractivity contribution in [2.24, 2.45) is 0 Å². The maximum absolute atomic E-state index is 12.3. The van der Waals surface area contributed by atoms with Gasteiger partial charge in [0.2, 0.25) is 0 Å². The van der Waals surface area contributed by atoms with Crippen molar-refractivity contribution in [3.05, 3.63) is 40.6 Å². The number of hydrogen-bond donors (Lipinski definition) is 1. The number of halogens is 1. The van der Waals surface area contributed by atoms with Gasteiger partial charge in [0.1, 0.15) is 6.04 Å². The molecule has 1 N–H and O–H groups in total. The molecule has 0 aliphatic carbocycles. The second-order valence-electron chi connectivity index (χ2n) is 4.74. The zero-order chi connectivity index (χ0) is 15.0. The number of rotatable bonds is 3. The van der Waals surface area contributed by atoms with Gasteiger partial charge >= 0.3 is 0 Å². The predicted molar refractivity (Wildman–Crippen MR) is 87.6 cm³/mol. The molecule has 7 heteroatoms. The second-order valence-corrected chi connectivity index (χ2v) is 6.69. The molecule has 0 saturated heterocycles. The van der Waals surface area contributed by atoms with Gasteiger partial charge in [-0.1, -0.05) is 23.5 Å². The summed E-state index contributed by atoms with van der Waals surface area (Å²) in [7, 11) is 0. The summed E-state index contributed by atoms with van der Waals surface area (Å²) in [5.41, 5.74) is 2.04. The zero-order valence-electron chi connectivity index (χ0n) is 11.5. The first-order valence-corrected chi connectivity index (χ1v) is 8.02. The Kier molecular flexibility index (Phi) is 3.77. The smallest absolute Gasteiger partial charge is 0.250 e. The third kappa shape index (κ3) is 2.84. The number of aromatic nitrogens is 3. The Morgan fingerprint density at radius 1 is 1.48 bits per heavy atom. The molecular weight excluding hydrogens is 352 g/mol. The molecule has 0 bridgehead atoms. The Morgan fingerprint density at radius 2 is 2.29 bits per heavy atom. The molecule has 1 amide bonds. The van der Waals surface area contributed by atoms with Crippen LogP contribution in [0.3, 0.4) is 0 Å². The van der Waals surface area contributed by atoms with E-state index in [0.717, 1.165) is 20.3 Å². The van der Waals surface area contributed by atoms with Crippen molar-refractivity contribution in [3.8, 4) is 0 Å². The minimum Gasteiger partial charge on any atom is -0.300 e. The summed E-state index contributed by atoms with van der Waals surface area (Å²) in [6.07, 6.45) is 3.43. The van der Waals surface area contributed by atoms with Crippen LogP contribution in [0.1, 0.15) is 18.5 Å². The molecule has 5 nitrogen and oxygen atoms in total. The molecule has 2 aromatic heterocycles. The van der Waals surface area contributed by atoms with Gasteiger partial charge in [0, 0.05) is 6.20 Å². The summed E-state index contributed by atoms with van der Waals surface area (Å²) in [5, 5.41) is 7.60. The molecule has 21 heavy (non-hydrogen) atoms. The van der Waals surface area contributed by atoms with Gasteiger partial charge in [-0.2, -0.15) is 5.10 Å². The Balaban J connectivity index is 1.81. The summed E-state index contributed by atoms with van der Waals surface area (Å²) in [5.74, 6) is -0.137.